The van der Waals surface area contributed by atoms with Crippen molar-refractivity contribution in [3.63, 3.8) is 0 Å². The van der Waals surface area contributed by atoms with Crippen LogP contribution >= 0.6 is 0 Å². The van der Waals surface area contributed by atoms with Crippen LogP contribution in [0, 0.1) is 0 Å². The molecular weight excluding hydrogens is 209 g/mol. The number of rotatable bonds is 2. The van der Waals surface area contributed by atoms with Gasteiger partial charge in [-0.05, 0) is 12.8 Å². The standard InChI is InChI=1S/C9H15F3N2O/c10-9(11,12)4-3-8(15)14-5-1-2-7(13)6-14/h7H,1-6,13H2/t7-/m0/s1. The third-order valence-electron chi connectivity index (χ3n) is 2.43. The van der Waals surface area contributed by atoms with Crippen molar-refractivity contribution in [3.05, 3.63) is 0 Å². The Bertz CT molecular complexity index is 230. The number of carbonyl (C=O) groups excluding carboxylic acids is 1. The Balaban J connectivity index is 2.33. The van der Waals surface area contributed by atoms with Gasteiger partial charge in [0.2, 0.25) is 5.91 Å². The SMILES string of the molecule is N[C@H]1CCCN(C(=O)CCC(F)(F)F)C1. The zero-order chi connectivity index (χ0) is 11.5. The third-order valence-corrected chi connectivity index (χ3v) is 2.43. The molecule has 0 radical (unpaired) electrons. The van der Waals surface area contributed by atoms with Gasteiger partial charge in [0.15, 0.2) is 0 Å². The molecule has 1 rings (SSSR count). The summed E-state index contributed by atoms with van der Waals surface area (Å²) in [6.07, 6.45) is -4.15. The maximum absolute atomic E-state index is 11.9. The third kappa shape index (κ3) is 4.51. The highest BCUT2D eigenvalue weighted by atomic mass is 19.4. The zero-order valence-corrected chi connectivity index (χ0v) is 8.39. The molecule has 1 aliphatic heterocycles. The number of piperidine rings is 1. The summed E-state index contributed by atoms with van der Waals surface area (Å²) in [5.74, 6) is -0.442. The molecule has 0 aromatic carbocycles. The second-order valence-electron chi connectivity index (χ2n) is 3.86. The van der Waals surface area contributed by atoms with Crippen LogP contribution in [-0.4, -0.2) is 36.1 Å². The van der Waals surface area contributed by atoms with Crippen LogP contribution in [0.2, 0.25) is 0 Å². The van der Waals surface area contributed by atoms with Gasteiger partial charge >= 0.3 is 6.18 Å². The first-order valence-electron chi connectivity index (χ1n) is 4.98. The van der Waals surface area contributed by atoms with Crippen LogP contribution in [0.3, 0.4) is 0 Å². The van der Waals surface area contributed by atoms with E-state index in [1.807, 2.05) is 0 Å². The lowest BCUT2D eigenvalue weighted by atomic mass is 10.1. The number of likely N-dealkylation sites (tertiary alicyclic amines) is 1. The lowest BCUT2D eigenvalue weighted by Crippen LogP contribution is -2.45. The monoisotopic (exact) mass is 224 g/mol. The van der Waals surface area contributed by atoms with Gasteiger partial charge in [0.1, 0.15) is 0 Å². The van der Waals surface area contributed by atoms with E-state index < -0.39 is 24.9 Å². The predicted octanol–water partition coefficient (Wildman–Crippen LogP) is 1.28. The quantitative estimate of drug-likeness (QED) is 0.768. The number of hydrogen-bond acceptors (Lipinski definition) is 2. The Morgan fingerprint density at radius 2 is 2.13 bits per heavy atom. The van der Waals surface area contributed by atoms with Gasteiger partial charge in [-0.2, -0.15) is 13.2 Å². The lowest BCUT2D eigenvalue weighted by Gasteiger charge is -2.30. The molecule has 3 nitrogen and oxygen atoms in total. The van der Waals surface area contributed by atoms with Crippen LogP contribution in [0.5, 0.6) is 0 Å². The molecule has 1 heterocycles. The molecule has 1 fully saturated rings. The van der Waals surface area contributed by atoms with E-state index in [0.717, 1.165) is 12.8 Å². The first-order valence-corrected chi connectivity index (χ1v) is 4.98. The molecule has 0 aromatic rings. The van der Waals surface area contributed by atoms with E-state index in [4.69, 9.17) is 5.73 Å². The first kappa shape index (κ1) is 12.3. The summed E-state index contributed by atoms with van der Waals surface area (Å²) in [6.45, 7) is 0.918. The molecule has 1 amide bonds. The van der Waals surface area contributed by atoms with Crippen molar-refractivity contribution in [2.75, 3.05) is 13.1 Å². The van der Waals surface area contributed by atoms with Crippen LogP contribution in [0.25, 0.3) is 0 Å². The Labute approximate surface area is 86.4 Å². The molecule has 0 bridgehead atoms. The fraction of sp³-hybridized carbons (Fsp3) is 0.889. The summed E-state index contributed by atoms with van der Waals surface area (Å²) < 4.78 is 35.6. The first-order chi connectivity index (χ1) is 6.88. The Hall–Kier alpha value is -0.780. The number of nitrogens with zero attached hydrogens (tertiary/aromatic N) is 1. The second kappa shape index (κ2) is 4.83. The molecule has 0 aliphatic carbocycles. The van der Waals surface area contributed by atoms with Gasteiger partial charge in [-0.15, -0.1) is 0 Å². The molecule has 15 heavy (non-hydrogen) atoms. The fourth-order valence-corrected chi connectivity index (χ4v) is 1.64. The number of carbonyl (C=O) groups is 1. The number of halogens is 3. The average molecular weight is 224 g/mol. The molecule has 0 unspecified atom stereocenters. The van der Waals surface area contributed by atoms with Crippen LogP contribution < -0.4 is 5.73 Å². The van der Waals surface area contributed by atoms with E-state index in [1.54, 1.807) is 0 Å². The Morgan fingerprint density at radius 3 is 2.67 bits per heavy atom. The molecule has 1 saturated heterocycles. The molecule has 6 heteroatoms. The highest BCUT2D eigenvalue weighted by Crippen LogP contribution is 2.22. The van der Waals surface area contributed by atoms with Crippen molar-refractivity contribution >= 4 is 5.91 Å². The largest absolute Gasteiger partial charge is 0.389 e. The van der Waals surface area contributed by atoms with Gasteiger partial charge in [0.25, 0.3) is 0 Å². The highest BCUT2D eigenvalue weighted by Gasteiger charge is 2.30. The van der Waals surface area contributed by atoms with Gasteiger partial charge in [-0.1, -0.05) is 0 Å². The van der Waals surface area contributed by atoms with Crippen molar-refractivity contribution in [2.45, 2.75) is 37.9 Å². The maximum atomic E-state index is 11.9. The predicted molar refractivity (Wildman–Crippen MR) is 49.1 cm³/mol. The van der Waals surface area contributed by atoms with E-state index in [9.17, 15) is 18.0 Å². The van der Waals surface area contributed by atoms with Gasteiger partial charge < -0.3 is 10.6 Å². The molecule has 2 N–H and O–H groups in total. The van der Waals surface area contributed by atoms with Crippen molar-refractivity contribution in [1.29, 1.82) is 0 Å². The Kier molecular flexibility index (Phi) is 3.96. The van der Waals surface area contributed by atoms with Crippen LogP contribution in [-0.2, 0) is 4.79 Å². The number of hydrogen-bond donors (Lipinski definition) is 1. The summed E-state index contributed by atoms with van der Waals surface area (Å²) >= 11 is 0. The number of nitrogens with two attached hydrogens (primary N) is 1. The number of amides is 1. The zero-order valence-electron chi connectivity index (χ0n) is 8.39. The van der Waals surface area contributed by atoms with Gasteiger partial charge in [0.05, 0.1) is 6.42 Å². The highest BCUT2D eigenvalue weighted by molar-refractivity contribution is 5.76. The minimum atomic E-state index is -4.26. The Morgan fingerprint density at radius 1 is 1.47 bits per heavy atom. The van der Waals surface area contributed by atoms with Crippen molar-refractivity contribution in [3.8, 4) is 0 Å². The van der Waals surface area contributed by atoms with E-state index in [0.29, 0.717) is 13.1 Å². The lowest BCUT2D eigenvalue weighted by molar-refractivity contribution is -0.149. The van der Waals surface area contributed by atoms with Crippen molar-refractivity contribution in [1.82, 2.24) is 4.90 Å². The smallest absolute Gasteiger partial charge is 0.341 e. The average Bonchev–Trinajstić information content (AvgIpc) is 2.13. The van der Waals surface area contributed by atoms with E-state index in [2.05, 4.69) is 0 Å². The summed E-state index contributed by atoms with van der Waals surface area (Å²) in [5.41, 5.74) is 5.63. The van der Waals surface area contributed by atoms with Gasteiger partial charge in [-0.3, -0.25) is 4.79 Å². The molecule has 88 valence electrons. The van der Waals surface area contributed by atoms with Gasteiger partial charge in [-0.25, -0.2) is 0 Å². The van der Waals surface area contributed by atoms with E-state index >= 15 is 0 Å². The summed E-state index contributed by atoms with van der Waals surface area (Å²) in [4.78, 5) is 12.8. The van der Waals surface area contributed by atoms with Crippen molar-refractivity contribution < 1.29 is 18.0 Å². The molecule has 0 saturated carbocycles. The fourth-order valence-electron chi connectivity index (χ4n) is 1.64. The van der Waals surface area contributed by atoms with E-state index in [1.165, 1.54) is 4.90 Å². The molecule has 0 spiro atoms. The summed E-state index contributed by atoms with van der Waals surface area (Å²) in [5, 5.41) is 0. The number of alkyl halides is 3. The van der Waals surface area contributed by atoms with Crippen LogP contribution in [0.15, 0.2) is 0 Å². The minimum absolute atomic E-state index is 0.0893. The van der Waals surface area contributed by atoms with Crippen LogP contribution in [0.4, 0.5) is 13.2 Å². The normalized spacial score (nSPS) is 22.9. The van der Waals surface area contributed by atoms with Crippen LogP contribution in [0.1, 0.15) is 25.7 Å². The summed E-state index contributed by atoms with van der Waals surface area (Å²) in [6, 6.07) is -0.0893. The minimum Gasteiger partial charge on any atom is -0.341 e. The van der Waals surface area contributed by atoms with Gasteiger partial charge in [0, 0.05) is 25.6 Å². The maximum Gasteiger partial charge on any atom is 0.389 e. The molecule has 0 aromatic heterocycles. The molecule has 1 atom stereocenters. The molecule has 1 aliphatic rings. The summed E-state index contributed by atoms with van der Waals surface area (Å²) in [7, 11) is 0. The topological polar surface area (TPSA) is 46.3 Å². The van der Waals surface area contributed by atoms with Crippen molar-refractivity contribution in [2.24, 2.45) is 5.73 Å². The second-order valence-corrected chi connectivity index (χ2v) is 3.86. The molecular formula is C9H15F3N2O. The van der Waals surface area contributed by atoms with E-state index in [-0.39, 0.29) is 6.04 Å².